The maximum atomic E-state index is 9.71. The molecule has 2 aliphatic heterocycles. The molecule has 0 aliphatic carbocycles. The highest BCUT2D eigenvalue weighted by atomic mass is 16.8. The number of rotatable bonds is 5. The van der Waals surface area contributed by atoms with Crippen LogP contribution in [-0.4, -0.2) is 67.2 Å². The van der Waals surface area contributed by atoms with E-state index in [2.05, 4.69) is 0 Å². The Morgan fingerprint density at radius 3 is 2.67 bits per heavy atom. The normalized spacial score (nSPS) is 39.8. The van der Waals surface area contributed by atoms with Crippen molar-refractivity contribution in [2.24, 2.45) is 0 Å². The Labute approximate surface area is 106 Å². The summed E-state index contributed by atoms with van der Waals surface area (Å²) >= 11 is 0. The first-order valence-corrected chi connectivity index (χ1v) is 5.89. The molecular weight excluding hydrogens is 244 g/mol. The van der Waals surface area contributed by atoms with Gasteiger partial charge in [0, 0.05) is 7.11 Å². The van der Waals surface area contributed by atoms with Crippen LogP contribution in [0.5, 0.6) is 0 Å². The van der Waals surface area contributed by atoms with Gasteiger partial charge in [-0.05, 0) is 13.8 Å². The number of methoxy groups -OCH3 is 1. The molecule has 2 heterocycles. The molecule has 2 N–H and O–H groups in total. The highest BCUT2D eigenvalue weighted by Crippen LogP contribution is 2.39. The molecule has 7 nitrogen and oxygen atoms in total. The minimum absolute atomic E-state index is 0.0513. The van der Waals surface area contributed by atoms with E-state index >= 15 is 0 Å². The molecule has 0 aromatic heterocycles. The zero-order valence-corrected chi connectivity index (χ0v) is 10.7. The van der Waals surface area contributed by atoms with Crippen LogP contribution in [-0.2, 0) is 23.7 Å². The van der Waals surface area contributed by atoms with Gasteiger partial charge in [0.15, 0.2) is 12.1 Å². The van der Waals surface area contributed by atoms with Crippen molar-refractivity contribution >= 4 is 0 Å². The van der Waals surface area contributed by atoms with Gasteiger partial charge in [0.25, 0.3) is 0 Å². The number of hydrogen-bond acceptors (Lipinski definition) is 7. The van der Waals surface area contributed by atoms with Crippen molar-refractivity contribution in [2.45, 2.75) is 50.3 Å². The molecule has 18 heavy (non-hydrogen) atoms. The van der Waals surface area contributed by atoms with E-state index < -0.39 is 43.1 Å². The quantitative estimate of drug-likeness (QED) is 0.629. The van der Waals surface area contributed by atoms with Gasteiger partial charge in [-0.3, -0.25) is 0 Å². The molecule has 2 rings (SSSR count). The summed E-state index contributed by atoms with van der Waals surface area (Å²) in [5.41, 5.74) is 0. The molecule has 2 saturated heterocycles. The number of ether oxygens (including phenoxy) is 5. The molecule has 0 amide bonds. The molecular formula is C11H20O7. The maximum absolute atomic E-state index is 9.71. The molecule has 0 spiro atoms. The second-order valence-corrected chi connectivity index (χ2v) is 4.86. The summed E-state index contributed by atoms with van der Waals surface area (Å²) in [6.07, 6.45) is -3.34. The molecule has 5 atom stereocenters. The Kier molecular flexibility index (Phi) is 4.22. The van der Waals surface area contributed by atoms with Gasteiger partial charge in [0.1, 0.15) is 31.2 Å². The van der Waals surface area contributed by atoms with E-state index in [1.165, 1.54) is 7.11 Å². The van der Waals surface area contributed by atoms with E-state index in [1.807, 2.05) is 0 Å². The first-order valence-electron chi connectivity index (χ1n) is 5.89. The van der Waals surface area contributed by atoms with Gasteiger partial charge < -0.3 is 33.9 Å². The van der Waals surface area contributed by atoms with Crippen LogP contribution in [0.4, 0.5) is 0 Å². The molecule has 2 fully saturated rings. The Bertz CT molecular complexity index is 283. The predicted octanol–water partition coefficient (Wildman–Crippen LogP) is -0.795. The van der Waals surface area contributed by atoms with Crippen molar-refractivity contribution in [3.63, 3.8) is 0 Å². The average Bonchev–Trinajstić information content (AvgIpc) is 2.77. The summed E-state index contributed by atoms with van der Waals surface area (Å²) in [5, 5.41) is 18.7. The van der Waals surface area contributed by atoms with E-state index in [0.717, 1.165) is 0 Å². The molecule has 2 aliphatic rings. The van der Waals surface area contributed by atoms with Crippen LogP contribution in [0.3, 0.4) is 0 Å². The van der Waals surface area contributed by atoms with Crippen molar-refractivity contribution < 1.29 is 33.9 Å². The fourth-order valence-corrected chi connectivity index (χ4v) is 2.25. The van der Waals surface area contributed by atoms with Gasteiger partial charge in [0.05, 0.1) is 6.61 Å². The summed E-state index contributed by atoms with van der Waals surface area (Å²) in [5.74, 6) is -0.751. The summed E-state index contributed by atoms with van der Waals surface area (Å²) in [7, 11) is 1.50. The molecule has 106 valence electrons. The highest BCUT2D eigenvalue weighted by molar-refractivity contribution is 4.96. The largest absolute Gasteiger partial charge is 0.394 e. The Morgan fingerprint density at radius 2 is 2.06 bits per heavy atom. The van der Waals surface area contributed by atoms with Crippen LogP contribution in [0.2, 0.25) is 0 Å². The van der Waals surface area contributed by atoms with Crippen molar-refractivity contribution in [3.8, 4) is 0 Å². The van der Waals surface area contributed by atoms with Crippen molar-refractivity contribution in [1.82, 2.24) is 0 Å². The molecule has 0 aromatic rings. The average molecular weight is 264 g/mol. The Hall–Kier alpha value is -0.280. The molecule has 1 unspecified atom stereocenters. The van der Waals surface area contributed by atoms with Crippen LogP contribution in [0.1, 0.15) is 13.8 Å². The number of hydrogen-bond donors (Lipinski definition) is 2. The monoisotopic (exact) mass is 264 g/mol. The lowest BCUT2D eigenvalue weighted by Gasteiger charge is -2.27. The van der Waals surface area contributed by atoms with E-state index in [9.17, 15) is 5.11 Å². The van der Waals surface area contributed by atoms with Crippen LogP contribution < -0.4 is 0 Å². The zero-order valence-electron chi connectivity index (χ0n) is 10.7. The van der Waals surface area contributed by atoms with Gasteiger partial charge >= 0.3 is 0 Å². The molecule has 7 heteroatoms. The SMILES string of the molecule is COCO[C@@H]1[C@H]2OC(C)(C)O[C@H]2O[C@@H]1C(O)CO. The zero-order chi connectivity index (χ0) is 13.3. The Morgan fingerprint density at radius 1 is 1.33 bits per heavy atom. The van der Waals surface area contributed by atoms with Gasteiger partial charge in [-0.15, -0.1) is 0 Å². The lowest BCUT2D eigenvalue weighted by atomic mass is 10.1. The highest BCUT2D eigenvalue weighted by Gasteiger charge is 2.56. The molecule has 0 radical (unpaired) electrons. The number of aliphatic hydroxyl groups excluding tert-OH is 2. The summed E-state index contributed by atoms with van der Waals surface area (Å²) in [4.78, 5) is 0. The molecule has 0 bridgehead atoms. The van der Waals surface area contributed by atoms with Gasteiger partial charge in [-0.2, -0.15) is 0 Å². The third-order valence-electron chi connectivity index (χ3n) is 2.97. The van der Waals surface area contributed by atoms with Crippen molar-refractivity contribution in [3.05, 3.63) is 0 Å². The van der Waals surface area contributed by atoms with Crippen molar-refractivity contribution in [2.75, 3.05) is 20.5 Å². The molecule has 0 saturated carbocycles. The standard InChI is InChI=1S/C11H20O7/c1-11(2)17-9-8(15-5-14-3)7(6(13)4-12)16-10(9)18-11/h6-10,12-13H,4-5H2,1-3H3/t6?,7-,8+,9-,10-/m1/s1. The second-order valence-electron chi connectivity index (χ2n) is 4.86. The maximum Gasteiger partial charge on any atom is 0.190 e. The van der Waals surface area contributed by atoms with Gasteiger partial charge in [-0.1, -0.05) is 0 Å². The lowest BCUT2D eigenvalue weighted by Crippen LogP contribution is -2.44. The Balaban J connectivity index is 2.07. The van der Waals surface area contributed by atoms with Crippen LogP contribution >= 0.6 is 0 Å². The minimum Gasteiger partial charge on any atom is -0.394 e. The van der Waals surface area contributed by atoms with Crippen LogP contribution in [0, 0.1) is 0 Å². The first kappa shape index (κ1) is 14.1. The van der Waals surface area contributed by atoms with E-state index in [-0.39, 0.29) is 6.79 Å². The third kappa shape index (κ3) is 2.67. The lowest BCUT2D eigenvalue weighted by molar-refractivity contribution is -0.237. The van der Waals surface area contributed by atoms with Gasteiger partial charge in [-0.25, -0.2) is 0 Å². The van der Waals surface area contributed by atoms with Crippen molar-refractivity contribution in [1.29, 1.82) is 0 Å². The molecule has 0 aromatic carbocycles. The fraction of sp³-hybridized carbons (Fsp3) is 1.00. The summed E-state index contributed by atoms with van der Waals surface area (Å²) in [6, 6.07) is 0. The topological polar surface area (TPSA) is 86.6 Å². The van der Waals surface area contributed by atoms with Crippen LogP contribution in [0.15, 0.2) is 0 Å². The summed E-state index contributed by atoms with van der Waals surface area (Å²) < 4.78 is 27.1. The van der Waals surface area contributed by atoms with E-state index in [4.69, 9.17) is 28.8 Å². The second kappa shape index (κ2) is 5.38. The predicted molar refractivity (Wildman–Crippen MR) is 58.5 cm³/mol. The van der Waals surface area contributed by atoms with Crippen LogP contribution in [0.25, 0.3) is 0 Å². The van der Waals surface area contributed by atoms with E-state index in [1.54, 1.807) is 13.8 Å². The van der Waals surface area contributed by atoms with Gasteiger partial charge in [0.2, 0.25) is 0 Å². The van der Waals surface area contributed by atoms with E-state index in [0.29, 0.717) is 0 Å². The summed E-state index contributed by atoms with van der Waals surface area (Å²) in [6.45, 7) is 3.19. The fourth-order valence-electron chi connectivity index (χ4n) is 2.25. The first-order chi connectivity index (χ1) is 8.48. The number of aliphatic hydroxyl groups is 2. The smallest absolute Gasteiger partial charge is 0.190 e. The number of fused-ring (bicyclic) bond motifs is 1. The third-order valence-corrected chi connectivity index (χ3v) is 2.97. The minimum atomic E-state index is -1.05.